The Bertz CT molecular complexity index is 920. The van der Waals surface area contributed by atoms with Crippen molar-refractivity contribution in [3.05, 3.63) is 83.7 Å². The third-order valence-corrected chi connectivity index (χ3v) is 4.21. The summed E-state index contributed by atoms with van der Waals surface area (Å²) in [7, 11) is 4.01. The Kier molecular flexibility index (Phi) is 5.71. The van der Waals surface area contributed by atoms with Gasteiger partial charge in [0, 0.05) is 38.2 Å². The van der Waals surface area contributed by atoms with Gasteiger partial charge in [-0.25, -0.2) is 0 Å². The van der Waals surface area contributed by atoms with Gasteiger partial charge in [-0.3, -0.25) is 9.78 Å². The molecule has 2 N–H and O–H groups in total. The quantitative estimate of drug-likeness (QED) is 0.694. The van der Waals surface area contributed by atoms with Crippen LogP contribution in [-0.2, 0) is 6.54 Å². The first-order valence-corrected chi connectivity index (χ1v) is 8.84. The topological polar surface area (TPSA) is 57.3 Å². The Morgan fingerprint density at radius 3 is 2.48 bits per heavy atom. The number of hydrogen-bond acceptors (Lipinski definition) is 4. The summed E-state index contributed by atoms with van der Waals surface area (Å²) in [6.07, 6.45) is 3.28. The third-order valence-electron chi connectivity index (χ3n) is 4.21. The molecule has 1 heterocycles. The minimum absolute atomic E-state index is 0.143. The van der Waals surface area contributed by atoms with E-state index in [1.807, 2.05) is 68.4 Å². The number of amides is 1. The van der Waals surface area contributed by atoms with Crippen LogP contribution in [0, 0.1) is 6.92 Å². The number of nitrogens with one attached hydrogen (secondary N) is 2. The minimum atomic E-state index is -0.143. The predicted molar refractivity (Wildman–Crippen MR) is 111 cm³/mol. The number of benzene rings is 2. The third kappa shape index (κ3) is 5.07. The Morgan fingerprint density at radius 1 is 1.00 bits per heavy atom. The number of carbonyl (C=O) groups is 1. The highest BCUT2D eigenvalue weighted by Crippen LogP contribution is 2.20. The number of nitrogens with zero attached hydrogens (tertiary/aromatic N) is 2. The SMILES string of the molecule is Cc1cccc(CNC(=O)c2cncc(Nc3ccc(N(C)C)cc3)c2)c1. The van der Waals surface area contributed by atoms with Crippen molar-refractivity contribution in [2.75, 3.05) is 24.3 Å². The molecule has 0 saturated carbocycles. The molecule has 2 aromatic carbocycles. The van der Waals surface area contributed by atoms with Crippen LogP contribution < -0.4 is 15.5 Å². The number of hydrogen-bond donors (Lipinski definition) is 2. The molecule has 3 rings (SSSR count). The van der Waals surface area contributed by atoms with Crippen molar-refractivity contribution < 1.29 is 4.79 Å². The van der Waals surface area contributed by atoms with Gasteiger partial charge < -0.3 is 15.5 Å². The van der Waals surface area contributed by atoms with Crippen molar-refractivity contribution >= 4 is 23.0 Å². The predicted octanol–water partition coefficient (Wildman–Crippen LogP) is 4.13. The summed E-state index contributed by atoms with van der Waals surface area (Å²) in [4.78, 5) is 18.7. The molecule has 0 saturated heterocycles. The van der Waals surface area contributed by atoms with Gasteiger partial charge in [0.15, 0.2) is 0 Å². The van der Waals surface area contributed by atoms with E-state index in [1.54, 1.807) is 18.5 Å². The monoisotopic (exact) mass is 360 g/mol. The van der Waals surface area contributed by atoms with Crippen molar-refractivity contribution in [2.45, 2.75) is 13.5 Å². The molecule has 0 aliphatic rings. The van der Waals surface area contributed by atoms with Crippen LogP contribution in [-0.4, -0.2) is 25.0 Å². The molecular weight excluding hydrogens is 336 g/mol. The average molecular weight is 360 g/mol. The fraction of sp³-hybridized carbons (Fsp3) is 0.182. The first-order chi connectivity index (χ1) is 13.0. The first-order valence-electron chi connectivity index (χ1n) is 8.84. The normalized spacial score (nSPS) is 10.3. The van der Waals surface area contributed by atoms with Crippen molar-refractivity contribution in [1.29, 1.82) is 0 Å². The molecule has 1 amide bonds. The highest BCUT2D eigenvalue weighted by molar-refractivity contribution is 5.94. The summed E-state index contributed by atoms with van der Waals surface area (Å²) in [6, 6.07) is 18.0. The minimum Gasteiger partial charge on any atom is -0.378 e. The highest BCUT2D eigenvalue weighted by atomic mass is 16.1. The van der Waals surface area contributed by atoms with Crippen LogP contribution in [0.2, 0.25) is 0 Å². The number of rotatable bonds is 6. The second kappa shape index (κ2) is 8.36. The van der Waals surface area contributed by atoms with Gasteiger partial charge >= 0.3 is 0 Å². The molecule has 0 aliphatic carbocycles. The van der Waals surface area contributed by atoms with Crippen LogP contribution in [0.1, 0.15) is 21.5 Å². The van der Waals surface area contributed by atoms with Gasteiger partial charge in [-0.15, -0.1) is 0 Å². The number of aromatic nitrogens is 1. The second-order valence-electron chi connectivity index (χ2n) is 6.70. The van der Waals surface area contributed by atoms with Gasteiger partial charge in [0.25, 0.3) is 5.91 Å². The van der Waals surface area contributed by atoms with Crippen molar-refractivity contribution in [3.63, 3.8) is 0 Å². The number of pyridine rings is 1. The molecule has 5 nitrogen and oxygen atoms in total. The lowest BCUT2D eigenvalue weighted by Crippen LogP contribution is -2.23. The largest absolute Gasteiger partial charge is 0.378 e. The molecule has 0 aliphatic heterocycles. The van der Waals surface area contributed by atoms with Gasteiger partial charge in [-0.1, -0.05) is 29.8 Å². The zero-order valence-electron chi connectivity index (χ0n) is 15.9. The van der Waals surface area contributed by atoms with Gasteiger partial charge in [0.2, 0.25) is 0 Å². The molecule has 0 radical (unpaired) electrons. The smallest absolute Gasteiger partial charge is 0.253 e. The zero-order chi connectivity index (χ0) is 19.2. The van der Waals surface area contributed by atoms with E-state index in [2.05, 4.69) is 21.7 Å². The van der Waals surface area contributed by atoms with Crippen LogP contribution in [0.4, 0.5) is 17.1 Å². The van der Waals surface area contributed by atoms with Crippen molar-refractivity contribution in [3.8, 4) is 0 Å². The Hall–Kier alpha value is -3.34. The number of anilines is 3. The molecule has 138 valence electrons. The zero-order valence-corrected chi connectivity index (χ0v) is 15.9. The molecule has 0 fully saturated rings. The summed E-state index contributed by atoms with van der Waals surface area (Å²) in [5.41, 5.74) is 5.62. The molecule has 3 aromatic rings. The van der Waals surface area contributed by atoms with E-state index in [9.17, 15) is 4.79 Å². The van der Waals surface area contributed by atoms with Crippen LogP contribution in [0.15, 0.2) is 67.0 Å². The van der Waals surface area contributed by atoms with E-state index < -0.39 is 0 Å². The Balaban J connectivity index is 1.64. The van der Waals surface area contributed by atoms with E-state index in [4.69, 9.17) is 0 Å². The maximum absolute atomic E-state index is 12.4. The summed E-state index contributed by atoms with van der Waals surface area (Å²) >= 11 is 0. The molecule has 0 spiro atoms. The molecule has 0 atom stereocenters. The van der Waals surface area contributed by atoms with Crippen LogP contribution in [0.3, 0.4) is 0 Å². The maximum Gasteiger partial charge on any atom is 0.253 e. The molecule has 0 bridgehead atoms. The van der Waals surface area contributed by atoms with Crippen molar-refractivity contribution in [2.24, 2.45) is 0 Å². The van der Waals surface area contributed by atoms with Crippen LogP contribution in [0.5, 0.6) is 0 Å². The second-order valence-corrected chi connectivity index (χ2v) is 6.70. The lowest BCUT2D eigenvalue weighted by atomic mass is 10.1. The van der Waals surface area contributed by atoms with E-state index in [0.29, 0.717) is 12.1 Å². The first kappa shape index (κ1) is 18.5. The van der Waals surface area contributed by atoms with Gasteiger partial charge in [0.1, 0.15) is 0 Å². The fourth-order valence-corrected chi connectivity index (χ4v) is 2.75. The van der Waals surface area contributed by atoms with Gasteiger partial charge in [0.05, 0.1) is 17.4 Å². The Labute approximate surface area is 160 Å². The average Bonchev–Trinajstić information content (AvgIpc) is 2.67. The molecule has 1 aromatic heterocycles. The fourth-order valence-electron chi connectivity index (χ4n) is 2.75. The molecular formula is C22H24N4O. The highest BCUT2D eigenvalue weighted by Gasteiger charge is 2.07. The molecule has 27 heavy (non-hydrogen) atoms. The van der Waals surface area contributed by atoms with Gasteiger partial charge in [-0.05, 0) is 42.8 Å². The standard InChI is InChI=1S/C22H24N4O/c1-16-5-4-6-17(11-16)13-24-22(27)18-12-20(15-23-14-18)25-19-7-9-21(10-8-19)26(2)3/h4-12,14-15,25H,13H2,1-3H3,(H,24,27). The van der Waals surface area contributed by atoms with E-state index in [-0.39, 0.29) is 5.91 Å². The molecule has 0 unspecified atom stereocenters. The van der Waals surface area contributed by atoms with Crippen LogP contribution >= 0.6 is 0 Å². The maximum atomic E-state index is 12.4. The summed E-state index contributed by atoms with van der Waals surface area (Å²) in [6.45, 7) is 2.53. The number of aryl methyl sites for hydroxylation is 1. The van der Waals surface area contributed by atoms with E-state index in [1.165, 1.54) is 5.56 Å². The van der Waals surface area contributed by atoms with Crippen molar-refractivity contribution in [1.82, 2.24) is 10.3 Å². The molecule has 5 heteroatoms. The lowest BCUT2D eigenvalue weighted by molar-refractivity contribution is 0.0950. The summed E-state index contributed by atoms with van der Waals surface area (Å²) in [5, 5.41) is 6.23. The number of carbonyl (C=O) groups excluding carboxylic acids is 1. The summed E-state index contributed by atoms with van der Waals surface area (Å²) in [5.74, 6) is -0.143. The van der Waals surface area contributed by atoms with Crippen LogP contribution in [0.25, 0.3) is 0 Å². The van der Waals surface area contributed by atoms with E-state index >= 15 is 0 Å². The Morgan fingerprint density at radius 2 is 1.78 bits per heavy atom. The summed E-state index contributed by atoms with van der Waals surface area (Å²) < 4.78 is 0. The van der Waals surface area contributed by atoms with E-state index in [0.717, 1.165) is 22.6 Å². The lowest BCUT2D eigenvalue weighted by Gasteiger charge is -2.13. The van der Waals surface area contributed by atoms with Gasteiger partial charge in [-0.2, -0.15) is 0 Å².